The van der Waals surface area contributed by atoms with Crippen molar-refractivity contribution in [2.45, 2.75) is 26.5 Å². The first kappa shape index (κ1) is 26.4. The largest absolute Gasteiger partial charge is 0.493 e. The summed E-state index contributed by atoms with van der Waals surface area (Å²) in [5.41, 5.74) is 2.83. The van der Waals surface area contributed by atoms with E-state index in [1.165, 1.54) is 13.2 Å². The Morgan fingerprint density at radius 3 is 2.68 bits per heavy atom. The molecule has 2 aromatic carbocycles. The highest BCUT2D eigenvalue weighted by Gasteiger charge is 2.24. The topological polar surface area (TPSA) is 109 Å². The van der Waals surface area contributed by atoms with Crippen LogP contribution in [0.1, 0.15) is 27.3 Å². The van der Waals surface area contributed by atoms with Crippen LogP contribution in [0.3, 0.4) is 0 Å². The van der Waals surface area contributed by atoms with Crippen LogP contribution in [0.15, 0.2) is 54.6 Å². The fourth-order valence-corrected chi connectivity index (χ4v) is 4.16. The number of ketones is 1. The van der Waals surface area contributed by atoms with Crippen LogP contribution in [0.5, 0.6) is 23.0 Å². The fraction of sp³-hybridized carbons (Fsp3) is 0.276. The Labute approximate surface area is 220 Å². The van der Waals surface area contributed by atoms with Gasteiger partial charge in [0.05, 0.1) is 13.7 Å². The zero-order chi connectivity index (χ0) is 27.1. The number of hydrogen-bond acceptors (Lipinski definition) is 8. The summed E-state index contributed by atoms with van der Waals surface area (Å²) in [6.07, 6.45) is 2.57. The first-order valence-electron chi connectivity index (χ1n) is 12.0. The number of aryl methyl sites for hydroxylation is 1. The third-order valence-corrected chi connectivity index (χ3v) is 6.07. The maximum Gasteiger partial charge on any atom is 0.331 e. The number of rotatable bonds is 10. The van der Waals surface area contributed by atoms with Gasteiger partial charge in [0.15, 0.2) is 42.3 Å². The smallest absolute Gasteiger partial charge is 0.331 e. The summed E-state index contributed by atoms with van der Waals surface area (Å²) in [5.74, 6) is 1.32. The van der Waals surface area contributed by atoms with Crippen LogP contribution in [-0.2, 0) is 16.1 Å². The molecule has 1 atom stereocenters. The lowest BCUT2D eigenvalue weighted by Crippen LogP contribution is -2.33. The van der Waals surface area contributed by atoms with Crippen LogP contribution in [0.4, 0.5) is 0 Å². The van der Waals surface area contributed by atoms with E-state index in [4.69, 9.17) is 28.9 Å². The third kappa shape index (κ3) is 6.16. The molecule has 0 saturated heterocycles. The number of nitriles is 1. The zero-order valence-electron chi connectivity index (χ0n) is 21.4. The lowest BCUT2D eigenvalue weighted by molar-refractivity contribution is -0.136. The molecule has 0 radical (unpaired) electrons. The van der Waals surface area contributed by atoms with E-state index in [0.717, 1.165) is 17.1 Å². The van der Waals surface area contributed by atoms with Crippen LogP contribution < -0.4 is 18.9 Å². The van der Waals surface area contributed by atoms with E-state index in [9.17, 15) is 9.59 Å². The minimum absolute atomic E-state index is 0.106. The maximum atomic E-state index is 12.8. The van der Waals surface area contributed by atoms with E-state index in [1.807, 2.05) is 48.7 Å². The summed E-state index contributed by atoms with van der Waals surface area (Å²) in [6, 6.07) is 16.2. The molecule has 0 N–H and O–H groups in total. The van der Waals surface area contributed by atoms with Gasteiger partial charge in [-0.1, -0.05) is 18.2 Å². The molecule has 0 bridgehead atoms. The van der Waals surface area contributed by atoms with Crippen molar-refractivity contribution < 1.29 is 33.3 Å². The standard InChI is InChI=1S/C29H28N2O7/c1-19-14-23(20(2)31(19)16-22-17-36-25-6-4-5-7-27(25)38-22)24(32)18-37-29(33)11-9-21-8-10-26(35-13-12-30)28(15-21)34-3/h4-11,14-15,22H,13,16-18H2,1-3H3/b11-9+. The second kappa shape index (κ2) is 12.0. The van der Waals surface area contributed by atoms with E-state index >= 15 is 0 Å². The number of carbonyl (C=O) groups excluding carboxylic acids is 2. The van der Waals surface area contributed by atoms with Crippen molar-refractivity contribution in [1.29, 1.82) is 5.26 Å². The van der Waals surface area contributed by atoms with Gasteiger partial charge in [0.25, 0.3) is 0 Å². The molecule has 0 amide bonds. The molecule has 38 heavy (non-hydrogen) atoms. The van der Waals surface area contributed by atoms with Crippen molar-refractivity contribution in [3.05, 3.63) is 77.1 Å². The van der Waals surface area contributed by atoms with E-state index < -0.39 is 5.97 Å². The van der Waals surface area contributed by atoms with Crippen molar-refractivity contribution in [2.75, 3.05) is 26.9 Å². The Kier molecular flexibility index (Phi) is 8.34. The quantitative estimate of drug-likeness (QED) is 0.223. The molecule has 1 unspecified atom stereocenters. The second-order valence-electron chi connectivity index (χ2n) is 8.61. The van der Waals surface area contributed by atoms with Crippen molar-refractivity contribution in [1.82, 2.24) is 4.57 Å². The molecule has 1 aliphatic heterocycles. The van der Waals surface area contributed by atoms with Crippen molar-refractivity contribution in [3.63, 3.8) is 0 Å². The monoisotopic (exact) mass is 516 g/mol. The van der Waals surface area contributed by atoms with Crippen LogP contribution >= 0.6 is 0 Å². The van der Waals surface area contributed by atoms with Gasteiger partial charge in [0, 0.05) is 23.0 Å². The van der Waals surface area contributed by atoms with Crippen LogP contribution in [-0.4, -0.2) is 49.4 Å². The summed E-state index contributed by atoms with van der Waals surface area (Å²) >= 11 is 0. The van der Waals surface area contributed by atoms with Crippen molar-refractivity contribution >= 4 is 17.8 Å². The van der Waals surface area contributed by atoms with Gasteiger partial charge >= 0.3 is 5.97 Å². The maximum absolute atomic E-state index is 12.8. The molecule has 0 aliphatic carbocycles. The minimum atomic E-state index is -0.651. The summed E-state index contributed by atoms with van der Waals surface area (Å²) in [6.45, 7) is 4.21. The van der Waals surface area contributed by atoms with Crippen LogP contribution in [0.25, 0.3) is 6.08 Å². The van der Waals surface area contributed by atoms with Crippen LogP contribution in [0.2, 0.25) is 0 Å². The van der Waals surface area contributed by atoms with Gasteiger partial charge in [-0.15, -0.1) is 0 Å². The van der Waals surface area contributed by atoms with Gasteiger partial charge < -0.3 is 28.3 Å². The third-order valence-electron chi connectivity index (χ3n) is 6.07. The van der Waals surface area contributed by atoms with Crippen molar-refractivity contribution in [2.24, 2.45) is 0 Å². The zero-order valence-corrected chi connectivity index (χ0v) is 21.4. The molecule has 0 fully saturated rings. The Bertz CT molecular complexity index is 1400. The molecule has 1 aromatic heterocycles. The van der Waals surface area contributed by atoms with Gasteiger partial charge in [0.1, 0.15) is 12.7 Å². The van der Waals surface area contributed by atoms with E-state index in [1.54, 1.807) is 30.3 Å². The average molecular weight is 517 g/mol. The number of aromatic nitrogens is 1. The molecular weight excluding hydrogens is 488 g/mol. The molecule has 2 heterocycles. The molecule has 9 heteroatoms. The predicted molar refractivity (Wildman–Crippen MR) is 139 cm³/mol. The van der Waals surface area contributed by atoms with Crippen LogP contribution in [0, 0.1) is 25.2 Å². The Morgan fingerprint density at radius 1 is 1.13 bits per heavy atom. The van der Waals surface area contributed by atoms with E-state index in [2.05, 4.69) is 0 Å². The van der Waals surface area contributed by atoms with Gasteiger partial charge in [-0.2, -0.15) is 5.26 Å². The number of nitrogens with zero attached hydrogens (tertiary/aromatic N) is 2. The van der Waals surface area contributed by atoms with Gasteiger partial charge in [0.2, 0.25) is 5.78 Å². The number of hydrogen-bond donors (Lipinski definition) is 0. The van der Waals surface area contributed by atoms with E-state index in [0.29, 0.717) is 41.5 Å². The fourth-order valence-electron chi connectivity index (χ4n) is 4.16. The lowest BCUT2D eigenvalue weighted by Gasteiger charge is -2.27. The number of ether oxygens (including phenoxy) is 5. The van der Waals surface area contributed by atoms with Gasteiger partial charge in [-0.3, -0.25) is 4.79 Å². The first-order chi connectivity index (χ1) is 18.4. The summed E-state index contributed by atoms with van der Waals surface area (Å²) in [7, 11) is 1.48. The average Bonchev–Trinajstić information content (AvgIpc) is 3.22. The Morgan fingerprint density at radius 2 is 1.92 bits per heavy atom. The highest BCUT2D eigenvalue weighted by molar-refractivity contribution is 6.00. The molecule has 1 aliphatic rings. The molecule has 196 valence electrons. The molecule has 9 nitrogen and oxygen atoms in total. The predicted octanol–water partition coefficient (Wildman–Crippen LogP) is 4.30. The minimum Gasteiger partial charge on any atom is -0.493 e. The highest BCUT2D eigenvalue weighted by Crippen LogP contribution is 2.32. The Balaban J connectivity index is 1.34. The number of para-hydroxylation sites is 2. The summed E-state index contributed by atoms with van der Waals surface area (Å²) < 4.78 is 29.6. The normalized spacial score (nSPS) is 14.1. The molecule has 0 spiro atoms. The SMILES string of the molecule is COc1cc(/C=C/C(=O)OCC(=O)c2cc(C)n(CC3COc4ccccc4O3)c2C)ccc1OCC#N. The number of Topliss-reactive ketones (excluding diaryl/α,β-unsaturated/α-hetero) is 1. The summed E-state index contributed by atoms with van der Waals surface area (Å²) in [5, 5.41) is 8.67. The number of benzene rings is 2. The number of fused-ring (bicyclic) bond motifs is 1. The molecule has 4 rings (SSSR count). The number of methoxy groups -OCH3 is 1. The molecular formula is C29H28N2O7. The second-order valence-corrected chi connectivity index (χ2v) is 8.61. The molecule has 3 aromatic rings. The van der Waals surface area contributed by atoms with E-state index in [-0.39, 0.29) is 25.1 Å². The van der Waals surface area contributed by atoms with Crippen molar-refractivity contribution in [3.8, 4) is 29.1 Å². The number of esters is 1. The lowest BCUT2D eigenvalue weighted by atomic mass is 10.1. The van der Waals surface area contributed by atoms with Gasteiger partial charge in [-0.05, 0) is 55.8 Å². The first-order valence-corrected chi connectivity index (χ1v) is 12.0. The summed E-state index contributed by atoms with van der Waals surface area (Å²) in [4.78, 5) is 25.1. The van der Waals surface area contributed by atoms with Gasteiger partial charge in [-0.25, -0.2) is 4.79 Å². The molecule has 0 saturated carbocycles. The number of carbonyl (C=O) groups is 2. The Hall–Kier alpha value is -4.71. The highest BCUT2D eigenvalue weighted by atomic mass is 16.6.